The number of hydrogen-bond donors (Lipinski definition) is 1. The Labute approximate surface area is 104 Å². The number of nitrogens with zero attached hydrogens (tertiary/aromatic N) is 2. The summed E-state index contributed by atoms with van der Waals surface area (Å²) in [4.78, 5) is 4.27. The van der Waals surface area contributed by atoms with Gasteiger partial charge < -0.3 is 9.80 Å². The van der Waals surface area contributed by atoms with Crippen molar-refractivity contribution in [1.29, 1.82) is 5.41 Å². The van der Waals surface area contributed by atoms with E-state index in [4.69, 9.17) is 5.41 Å². The Balaban J connectivity index is 2.32. The van der Waals surface area contributed by atoms with Gasteiger partial charge in [0, 0.05) is 38.4 Å². The molecule has 0 saturated carbocycles. The van der Waals surface area contributed by atoms with E-state index in [9.17, 15) is 0 Å². The molecule has 2 rings (SSSR count). The Morgan fingerprint density at radius 2 is 2.00 bits per heavy atom. The first-order valence-corrected chi connectivity index (χ1v) is 6.22. The first kappa shape index (κ1) is 12.0. The number of hydrogen-bond acceptors (Lipinski definition) is 2. The van der Waals surface area contributed by atoms with Crippen LogP contribution in [0.3, 0.4) is 0 Å². The van der Waals surface area contributed by atoms with Crippen LogP contribution in [0.4, 0.5) is 11.4 Å². The summed E-state index contributed by atoms with van der Waals surface area (Å²) < 4.78 is 0. The Hall–Kier alpha value is -1.51. The van der Waals surface area contributed by atoms with Crippen LogP contribution >= 0.6 is 0 Å². The number of nitrogens with one attached hydrogen (secondary N) is 1. The Morgan fingerprint density at radius 1 is 1.24 bits per heavy atom. The normalized spacial score (nSPS) is 16.2. The lowest BCUT2D eigenvalue weighted by Crippen LogP contribution is -2.34. The van der Waals surface area contributed by atoms with Crippen molar-refractivity contribution in [2.75, 3.05) is 30.4 Å². The van der Waals surface area contributed by atoms with E-state index in [1.807, 2.05) is 0 Å². The van der Waals surface area contributed by atoms with Crippen LogP contribution < -0.4 is 9.80 Å². The number of benzene rings is 1. The van der Waals surface area contributed by atoms with Crippen LogP contribution in [0.15, 0.2) is 18.2 Å². The minimum absolute atomic E-state index is 0.754. The molecule has 1 saturated heterocycles. The summed E-state index contributed by atoms with van der Waals surface area (Å²) in [6.45, 7) is 3.11. The van der Waals surface area contributed by atoms with E-state index in [1.165, 1.54) is 17.7 Å². The molecule has 1 aliphatic rings. The quantitative estimate of drug-likeness (QED) is 0.848. The van der Waals surface area contributed by atoms with Crippen LogP contribution in [0, 0.1) is 12.3 Å². The molecule has 3 heteroatoms. The smallest absolute Gasteiger partial charge is 0.100 e. The molecule has 0 atom stereocenters. The van der Waals surface area contributed by atoms with Gasteiger partial charge in [-0.15, -0.1) is 0 Å². The van der Waals surface area contributed by atoms with Gasteiger partial charge >= 0.3 is 0 Å². The number of piperidine rings is 1. The average molecular weight is 231 g/mol. The van der Waals surface area contributed by atoms with Crippen molar-refractivity contribution in [2.24, 2.45) is 0 Å². The summed E-state index contributed by atoms with van der Waals surface area (Å²) in [6.07, 6.45) is 3.25. The van der Waals surface area contributed by atoms with Gasteiger partial charge in [-0.25, -0.2) is 0 Å². The summed E-state index contributed by atoms with van der Waals surface area (Å²) in [6, 6.07) is 6.46. The molecule has 1 aliphatic heterocycles. The fraction of sp³-hybridized carbons (Fsp3) is 0.500. The number of aryl methyl sites for hydroxylation is 1. The van der Waals surface area contributed by atoms with Crippen molar-refractivity contribution in [3.05, 3.63) is 23.8 Å². The number of rotatable bonds is 2. The van der Waals surface area contributed by atoms with E-state index in [1.54, 1.807) is 0 Å². The molecule has 0 radical (unpaired) electrons. The lowest BCUT2D eigenvalue weighted by molar-refractivity contribution is 0.707. The molecule has 92 valence electrons. The lowest BCUT2D eigenvalue weighted by Gasteiger charge is -2.30. The number of anilines is 2. The summed E-state index contributed by atoms with van der Waals surface area (Å²) in [5.74, 6) is 0.754. The minimum atomic E-state index is 0.754. The third kappa shape index (κ3) is 2.43. The van der Waals surface area contributed by atoms with Gasteiger partial charge in [-0.05, 0) is 37.5 Å². The molecule has 1 fully saturated rings. The first-order chi connectivity index (χ1) is 8.09. The maximum absolute atomic E-state index is 8.03. The van der Waals surface area contributed by atoms with E-state index >= 15 is 0 Å². The second kappa shape index (κ2) is 4.78. The largest absolute Gasteiger partial charge is 0.377 e. The molecule has 0 spiro atoms. The van der Waals surface area contributed by atoms with Crippen molar-refractivity contribution in [2.45, 2.75) is 26.2 Å². The highest BCUT2D eigenvalue weighted by molar-refractivity contribution is 5.96. The molecule has 17 heavy (non-hydrogen) atoms. The van der Waals surface area contributed by atoms with Gasteiger partial charge in [0.25, 0.3) is 0 Å². The van der Waals surface area contributed by atoms with Gasteiger partial charge in [0.2, 0.25) is 0 Å². The third-order valence-corrected chi connectivity index (χ3v) is 3.36. The zero-order valence-corrected chi connectivity index (χ0v) is 11.0. The standard InChI is InChI=1S/C14H21N3/c1-11-7-8-12(10-13(11)16(2)3)17-9-5-4-6-14(17)15/h7-8,10,15H,4-6,9H2,1-3H3. The molecule has 1 N–H and O–H groups in total. The first-order valence-electron chi connectivity index (χ1n) is 6.22. The maximum atomic E-state index is 8.03. The summed E-state index contributed by atoms with van der Waals surface area (Å²) in [7, 11) is 4.13. The van der Waals surface area contributed by atoms with Gasteiger partial charge in [-0.3, -0.25) is 5.41 Å². The fourth-order valence-corrected chi connectivity index (χ4v) is 2.36. The van der Waals surface area contributed by atoms with E-state index < -0.39 is 0 Å². The van der Waals surface area contributed by atoms with Crippen LogP contribution in [-0.4, -0.2) is 26.5 Å². The van der Waals surface area contributed by atoms with Crippen LogP contribution in [0.25, 0.3) is 0 Å². The highest BCUT2D eigenvalue weighted by atomic mass is 15.2. The minimum Gasteiger partial charge on any atom is -0.377 e. The molecule has 1 heterocycles. The number of amidine groups is 1. The SMILES string of the molecule is Cc1ccc(N2CCCCC2=N)cc1N(C)C. The van der Waals surface area contributed by atoms with Crippen molar-refractivity contribution in [1.82, 2.24) is 0 Å². The van der Waals surface area contributed by atoms with Crippen molar-refractivity contribution < 1.29 is 0 Å². The highest BCUT2D eigenvalue weighted by Crippen LogP contribution is 2.27. The Bertz CT molecular complexity index is 423. The van der Waals surface area contributed by atoms with Crippen molar-refractivity contribution >= 4 is 17.2 Å². The highest BCUT2D eigenvalue weighted by Gasteiger charge is 2.17. The average Bonchev–Trinajstić information content (AvgIpc) is 2.30. The van der Waals surface area contributed by atoms with Gasteiger partial charge in [-0.1, -0.05) is 6.07 Å². The van der Waals surface area contributed by atoms with Crippen LogP contribution in [0.5, 0.6) is 0 Å². The summed E-state index contributed by atoms with van der Waals surface area (Å²) >= 11 is 0. The molecule has 1 aromatic rings. The van der Waals surface area contributed by atoms with Crippen LogP contribution in [0.1, 0.15) is 24.8 Å². The Kier molecular flexibility index (Phi) is 3.36. The van der Waals surface area contributed by atoms with Gasteiger partial charge in [0.15, 0.2) is 0 Å². The summed E-state index contributed by atoms with van der Waals surface area (Å²) in [5.41, 5.74) is 3.67. The van der Waals surface area contributed by atoms with Crippen molar-refractivity contribution in [3.8, 4) is 0 Å². The topological polar surface area (TPSA) is 30.3 Å². The molecule has 0 bridgehead atoms. The predicted molar refractivity (Wildman–Crippen MR) is 74.4 cm³/mol. The van der Waals surface area contributed by atoms with Crippen molar-refractivity contribution in [3.63, 3.8) is 0 Å². The summed E-state index contributed by atoms with van der Waals surface area (Å²) in [5, 5.41) is 8.03. The predicted octanol–water partition coefficient (Wildman–Crippen LogP) is 3.03. The van der Waals surface area contributed by atoms with E-state index in [0.717, 1.165) is 30.9 Å². The molecule has 0 unspecified atom stereocenters. The van der Waals surface area contributed by atoms with E-state index in [0.29, 0.717) is 0 Å². The van der Waals surface area contributed by atoms with Gasteiger partial charge in [0.05, 0.1) is 0 Å². The molecule has 3 nitrogen and oxygen atoms in total. The van der Waals surface area contributed by atoms with E-state index in [2.05, 4.69) is 49.0 Å². The lowest BCUT2D eigenvalue weighted by atomic mass is 10.1. The van der Waals surface area contributed by atoms with Gasteiger partial charge in [0.1, 0.15) is 5.84 Å². The molecule has 0 aromatic heterocycles. The zero-order chi connectivity index (χ0) is 12.4. The molecular weight excluding hydrogens is 210 g/mol. The molecular formula is C14H21N3. The Morgan fingerprint density at radius 3 is 2.65 bits per heavy atom. The fourth-order valence-electron chi connectivity index (χ4n) is 2.36. The van der Waals surface area contributed by atoms with E-state index in [-0.39, 0.29) is 0 Å². The molecule has 1 aromatic carbocycles. The zero-order valence-electron chi connectivity index (χ0n) is 11.0. The molecule has 0 amide bonds. The van der Waals surface area contributed by atoms with Crippen LogP contribution in [0.2, 0.25) is 0 Å². The third-order valence-electron chi connectivity index (χ3n) is 3.36. The second-order valence-corrected chi connectivity index (χ2v) is 4.92. The monoisotopic (exact) mass is 231 g/mol. The second-order valence-electron chi connectivity index (χ2n) is 4.92. The maximum Gasteiger partial charge on any atom is 0.100 e. The van der Waals surface area contributed by atoms with Crippen LogP contribution in [-0.2, 0) is 0 Å². The molecule has 0 aliphatic carbocycles. The van der Waals surface area contributed by atoms with Gasteiger partial charge in [-0.2, -0.15) is 0 Å².